The van der Waals surface area contributed by atoms with Crippen molar-refractivity contribution in [2.75, 3.05) is 40.9 Å². The van der Waals surface area contributed by atoms with Gasteiger partial charge in [-0.15, -0.1) is 0 Å². The van der Waals surface area contributed by atoms with E-state index in [0.717, 1.165) is 38.5 Å². The van der Waals surface area contributed by atoms with Gasteiger partial charge in [-0.1, -0.05) is 341 Å². The normalized spacial score (nSPS) is 13.7. The Kier molecular flexibility index (Phi) is 56.8. The molecule has 8 nitrogen and oxygen atoms in total. The van der Waals surface area contributed by atoms with Crippen LogP contribution in [0.25, 0.3) is 0 Å². The van der Waals surface area contributed by atoms with Crippen LogP contribution < -0.4 is 5.32 Å². The van der Waals surface area contributed by atoms with Gasteiger partial charge in [0, 0.05) is 6.42 Å². The maximum atomic E-state index is 13.0. The van der Waals surface area contributed by atoms with E-state index in [1.54, 1.807) is 0 Å². The highest BCUT2D eigenvalue weighted by Crippen LogP contribution is 2.43. The third-order valence-corrected chi connectivity index (χ3v) is 16.8. The van der Waals surface area contributed by atoms with Crippen molar-refractivity contribution in [3.8, 4) is 0 Å². The van der Waals surface area contributed by atoms with Crippen LogP contribution in [-0.4, -0.2) is 73.4 Å². The van der Waals surface area contributed by atoms with E-state index in [-0.39, 0.29) is 19.1 Å². The molecule has 0 heterocycles. The lowest BCUT2D eigenvalue weighted by atomic mass is 10.0. The lowest BCUT2D eigenvalue weighted by Crippen LogP contribution is -2.46. The van der Waals surface area contributed by atoms with Gasteiger partial charge < -0.3 is 19.8 Å². The maximum Gasteiger partial charge on any atom is 0.472 e. The van der Waals surface area contributed by atoms with Crippen molar-refractivity contribution in [1.29, 1.82) is 0 Å². The predicted octanol–water partition coefficient (Wildman–Crippen LogP) is 20.8. The molecule has 0 spiro atoms. The van der Waals surface area contributed by atoms with Gasteiger partial charge in [-0.3, -0.25) is 13.8 Å². The third-order valence-electron chi connectivity index (χ3n) is 15.9. The van der Waals surface area contributed by atoms with Gasteiger partial charge in [-0.25, -0.2) is 4.57 Å². The lowest BCUT2D eigenvalue weighted by Gasteiger charge is -2.26. The smallest absolute Gasteiger partial charge is 0.391 e. The van der Waals surface area contributed by atoms with Crippen LogP contribution in [-0.2, 0) is 18.4 Å². The van der Waals surface area contributed by atoms with Crippen LogP contribution in [0.15, 0.2) is 0 Å². The molecule has 0 saturated heterocycles. The Morgan fingerprint density at radius 3 is 0.905 bits per heavy atom. The molecular weight excluding hydrogens is 936 g/mol. The van der Waals surface area contributed by atoms with Crippen LogP contribution in [0.2, 0.25) is 0 Å². The SMILES string of the molecule is CCCCCCCCCCCCCCCCCCCCCCCCCCCCCCCCCCCCCC(=O)NC(COP(=O)(O)OCC[N+](C)(C)C)C(O)CCCCCCCCCCCCCCCCCCC. The molecule has 0 bridgehead atoms. The van der Waals surface area contributed by atoms with E-state index in [4.69, 9.17) is 9.05 Å². The molecule has 0 aliphatic carbocycles. The number of carbonyl (C=O) groups excluding carboxylic acids is 1. The number of rotatable bonds is 63. The topological polar surface area (TPSA) is 105 Å². The fraction of sp³-hybridized carbons (Fsp3) is 0.985. The second kappa shape index (κ2) is 57.2. The quantitative estimate of drug-likeness (QED) is 0.0318. The number of quaternary nitrogens is 1. The van der Waals surface area contributed by atoms with Crippen molar-refractivity contribution in [2.45, 2.75) is 373 Å². The van der Waals surface area contributed by atoms with E-state index in [1.807, 2.05) is 21.1 Å². The standard InChI is InChI=1S/C65H133N2O6P/c1-6-8-10-12-14-16-18-20-22-24-25-26-27-28-29-30-31-32-33-34-35-36-37-38-39-40-41-43-45-47-49-51-53-55-57-59-65(69)66-63(62-73-74(70,71)72-61-60-67(3,4)5)64(68)58-56-54-52-50-48-46-44-42-23-21-19-17-15-13-11-9-7-2/h63-64,68H,6-62H2,1-5H3,(H-,66,69,70,71)/p+1. The van der Waals surface area contributed by atoms with Crippen molar-refractivity contribution in [2.24, 2.45) is 0 Å². The van der Waals surface area contributed by atoms with Crippen LogP contribution >= 0.6 is 7.82 Å². The van der Waals surface area contributed by atoms with Crippen molar-refractivity contribution >= 4 is 13.7 Å². The van der Waals surface area contributed by atoms with E-state index in [9.17, 15) is 19.4 Å². The highest BCUT2D eigenvalue weighted by molar-refractivity contribution is 7.47. The van der Waals surface area contributed by atoms with E-state index in [0.29, 0.717) is 23.9 Å². The van der Waals surface area contributed by atoms with Crippen molar-refractivity contribution < 1.29 is 32.9 Å². The molecule has 0 aliphatic heterocycles. The number of nitrogens with one attached hydrogen (secondary N) is 1. The minimum Gasteiger partial charge on any atom is -0.391 e. The zero-order valence-corrected chi connectivity index (χ0v) is 51.8. The number of hydrogen-bond donors (Lipinski definition) is 3. The van der Waals surface area contributed by atoms with E-state index in [1.165, 1.54) is 295 Å². The predicted molar refractivity (Wildman–Crippen MR) is 323 cm³/mol. The Bertz CT molecular complexity index is 1170. The highest BCUT2D eigenvalue weighted by atomic mass is 31.2. The number of unbranched alkanes of at least 4 members (excludes halogenated alkanes) is 50. The molecule has 0 aromatic carbocycles. The number of amides is 1. The van der Waals surface area contributed by atoms with Crippen LogP contribution in [0.5, 0.6) is 0 Å². The fourth-order valence-electron chi connectivity index (χ4n) is 10.6. The zero-order chi connectivity index (χ0) is 54.2. The average molecular weight is 1070 g/mol. The number of carbonyl (C=O) groups is 1. The molecule has 9 heteroatoms. The first-order valence-electron chi connectivity index (χ1n) is 33.4. The number of hydrogen-bond acceptors (Lipinski definition) is 5. The van der Waals surface area contributed by atoms with Gasteiger partial charge >= 0.3 is 7.82 Å². The Balaban J connectivity index is 3.90. The first-order valence-corrected chi connectivity index (χ1v) is 34.9. The molecule has 0 aromatic rings. The van der Waals surface area contributed by atoms with Gasteiger partial charge in [0.2, 0.25) is 5.91 Å². The fourth-order valence-corrected chi connectivity index (χ4v) is 11.4. The summed E-state index contributed by atoms with van der Waals surface area (Å²) in [7, 11) is 1.64. The average Bonchev–Trinajstić information content (AvgIpc) is 3.36. The molecule has 0 rings (SSSR count). The van der Waals surface area contributed by atoms with Crippen molar-refractivity contribution in [1.82, 2.24) is 5.32 Å². The second-order valence-corrected chi connectivity index (χ2v) is 26.0. The van der Waals surface area contributed by atoms with Crippen molar-refractivity contribution in [3.63, 3.8) is 0 Å². The molecule has 0 saturated carbocycles. The number of aliphatic hydroxyl groups excluding tert-OH is 1. The summed E-state index contributed by atoms with van der Waals surface area (Å²) in [6.45, 7) is 4.95. The van der Waals surface area contributed by atoms with E-state index < -0.39 is 20.0 Å². The lowest BCUT2D eigenvalue weighted by molar-refractivity contribution is -0.870. The van der Waals surface area contributed by atoms with Crippen LogP contribution in [0.1, 0.15) is 361 Å². The van der Waals surface area contributed by atoms with Crippen LogP contribution in [0.4, 0.5) is 0 Å². The maximum absolute atomic E-state index is 13.0. The second-order valence-electron chi connectivity index (χ2n) is 24.6. The summed E-state index contributed by atoms with van der Waals surface area (Å²) < 4.78 is 23.8. The highest BCUT2D eigenvalue weighted by Gasteiger charge is 2.28. The summed E-state index contributed by atoms with van der Waals surface area (Å²) in [6.07, 6.45) is 70.6. The Labute approximate surface area is 463 Å². The van der Waals surface area contributed by atoms with Gasteiger partial charge in [0.15, 0.2) is 0 Å². The monoisotopic (exact) mass is 1070 g/mol. The van der Waals surface area contributed by atoms with Gasteiger partial charge in [0.05, 0.1) is 39.9 Å². The number of phosphoric acid groups is 1. The zero-order valence-electron chi connectivity index (χ0n) is 50.9. The number of aliphatic hydroxyl groups is 1. The van der Waals surface area contributed by atoms with E-state index >= 15 is 0 Å². The number of nitrogens with zero attached hydrogens (tertiary/aromatic N) is 1. The molecule has 0 fully saturated rings. The summed E-state index contributed by atoms with van der Waals surface area (Å²) >= 11 is 0. The van der Waals surface area contributed by atoms with Gasteiger partial charge in [0.25, 0.3) is 0 Å². The molecule has 3 N–H and O–H groups in total. The molecule has 3 atom stereocenters. The number of likely N-dealkylation sites (N-methyl/N-ethyl adjacent to an activating group) is 1. The Morgan fingerprint density at radius 1 is 0.405 bits per heavy atom. The summed E-state index contributed by atoms with van der Waals surface area (Å²) in [5.41, 5.74) is 0. The minimum absolute atomic E-state index is 0.0792. The summed E-state index contributed by atoms with van der Waals surface area (Å²) in [5, 5.41) is 14.1. The Hall–Kier alpha value is -0.500. The Morgan fingerprint density at radius 2 is 0.649 bits per heavy atom. The largest absolute Gasteiger partial charge is 0.472 e. The first kappa shape index (κ1) is 73.5. The molecule has 1 amide bonds. The first-order chi connectivity index (χ1) is 36.0. The van der Waals surface area contributed by atoms with Crippen LogP contribution in [0, 0.1) is 0 Å². The summed E-state index contributed by atoms with van der Waals surface area (Å²) in [5.74, 6) is -0.134. The third kappa shape index (κ3) is 59.2. The molecule has 74 heavy (non-hydrogen) atoms. The minimum atomic E-state index is -4.32. The molecule has 0 radical (unpaired) electrons. The molecule has 0 aliphatic rings. The van der Waals surface area contributed by atoms with Crippen molar-refractivity contribution in [3.05, 3.63) is 0 Å². The van der Waals surface area contributed by atoms with Gasteiger partial charge in [-0.2, -0.15) is 0 Å². The molecule has 444 valence electrons. The van der Waals surface area contributed by atoms with E-state index in [2.05, 4.69) is 19.2 Å². The molecular formula is C65H134N2O6P+. The molecule has 3 unspecified atom stereocenters. The van der Waals surface area contributed by atoms with Gasteiger partial charge in [-0.05, 0) is 12.8 Å². The summed E-state index contributed by atoms with van der Waals surface area (Å²) in [6, 6.07) is -0.756. The molecule has 0 aromatic heterocycles. The van der Waals surface area contributed by atoms with Crippen LogP contribution in [0.3, 0.4) is 0 Å². The number of phosphoric ester groups is 1. The summed E-state index contributed by atoms with van der Waals surface area (Å²) in [4.78, 5) is 23.4. The van der Waals surface area contributed by atoms with Gasteiger partial charge in [0.1, 0.15) is 13.2 Å².